The molecule has 184 valence electrons. The molecule has 0 saturated carbocycles. The van der Waals surface area contributed by atoms with Gasteiger partial charge in [-0.15, -0.1) is 16.4 Å². The van der Waals surface area contributed by atoms with E-state index in [1.807, 2.05) is 29.6 Å². The van der Waals surface area contributed by atoms with E-state index >= 15 is 0 Å². The maximum atomic E-state index is 12.9. The molecule has 36 heavy (non-hydrogen) atoms. The zero-order valence-electron chi connectivity index (χ0n) is 19.4. The summed E-state index contributed by atoms with van der Waals surface area (Å²) in [6.45, 7) is 3.28. The fourth-order valence-corrected chi connectivity index (χ4v) is 4.51. The Morgan fingerprint density at radius 3 is 2.72 bits per heavy atom. The van der Waals surface area contributed by atoms with Gasteiger partial charge in [-0.3, -0.25) is 9.59 Å². The van der Waals surface area contributed by atoms with E-state index in [0.717, 1.165) is 11.1 Å². The molecule has 2 atom stereocenters. The molecule has 0 spiro atoms. The van der Waals surface area contributed by atoms with Crippen LogP contribution in [-0.2, 0) is 0 Å². The number of amides is 2. The second kappa shape index (κ2) is 9.40. The third-order valence-corrected chi connectivity index (χ3v) is 6.46. The van der Waals surface area contributed by atoms with Crippen LogP contribution in [0.1, 0.15) is 45.8 Å². The smallest absolute Gasteiger partial charge is 0.262 e. The van der Waals surface area contributed by atoms with E-state index in [4.69, 9.17) is 10.2 Å². The highest BCUT2D eigenvalue weighted by atomic mass is 32.1. The van der Waals surface area contributed by atoms with Crippen LogP contribution in [0.5, 0.6) is 0 Å². The predicted molar refractivity (Wildman–Crippen MR) is 135 cm³/mol. The van der Waals surface area contributed by atoms with Gasteiger partial charge >= 0.3 is 0 Å². The van der Waals surface area contributed by atoms with Crippen molar-refractivity contribution in [3.8, 4) is 11.1 Å². The van der Waals surface area contributed by atoms with Gasteiger partial charge in [-0.2, -0.15) is 4.98 Å². The quantitative estimate of drug-likeness (QED) is 0.263. The number of nitrogens with two attached hydrogens (primary N) is 1. The van der Waals surface area contributed by atoms with E-state index in [9.17, 15) is 14.7 Å². The van der Waals surface area contributed by atoms with Gasteiger partial charge < -0.3 is 25.9 Å². The van der Waals surface area contributed by atoms with Crippen molar-refractivity contribution in [1.82, 2.24) is 30.2 Å². The fourth-order valence-electron chi connectivity index (χ4n) is 3.69. The molecule has 0 fully saturated rings. The Morgan fingerprint density at radius 2 is 1.94 bits per heavy atom. The minimum Gasteiger partial charge on any atom is -0.438 e. The van der Waals surface area contributed by atoms with E-state index in [1.165, 1.54) is 15.9 Å². The first kappa shape index (κ1) is 23.5. The molecule has 4 heterocycles. The SMILES string of the molecule is C[C@H](NC(=O)c1cc(-c2cc(C(=O)N[C@@H](C)CO)c3nc(N)nn3c2)cs1)c1nc2ccccc2o1. The second-order valence-electron chi connectivity index (χ2n) is 8.35. The summed E-state index contributed by atoms with van der Waals surface area (Å²) < 4.78 is 7.18. The molecule has 0 aliphatic heterocycles. The standard InChI is InChI=1S/C24H23N7O4S/c1-12(10-32)26-21(33)16-7-14(9-31-20(16)29-24(25)30-31)15-8-19(36-11-15)22(34)27-13(2)23-28-17-5-3-4-6-18(17)35-23/h3-9,11-13,32H,10H2,1-2H3,(H2,25,30)(H,26,33)(H,27,34)/t12-,13-/m0/s1. The molecule has 0 radical (unpaired) electrons. The monoisotopic (exact) mass is 505 g/mol. The van der Waals surface area contributed by atoms with Crippen molar-refractivity contribution in [2.24, 2.45) is 0 Å². The first-order valence-corrected chi connectivity index (χ1v) is 12.0. The van der Waals surface area contributed by atoms with Crippen molar-refractivity contribution in [2.75, 3.05) is 12.3 Å². The molecule has 12 heteroatoms. The minimum atomic E-state index is -0.443. The zero-order chi connectivity index (χ0) is 25.4. The number of aliphatic hydroxyl groups excluding tert-OH is 1. The van der Waals surface area contributed by atoms with Crippen LogP contribution in [0.3, 0.4) is 0 Å². The summed E-state index contributed by atoms with van der Waals surface area (Å²) in [5.74, 6) is -0.253. The van der Waals surface area contributed by atoms with Gasteiger partial charge in [-0.1, -0.05) is 12.1 Å². The summed E-state index contributed by atoms with van der Waals surface area (Å²) in [5, 5.41) is 20.9. The number of nitrogens with zero attached hydrogens (tertiary/aromatic N) is 4. The summed E-state index contributed by atoms with van der Waals surface area (Å²) in [4.78, 5) is 34.8. The normalized spacial score (nSPS) is 13.1. The van der Waals surface area contributed by atoms with Gasteiger partial charge in [-0.05, 0) is 49.1 Å². The number of carbonyl (C=O) groups excluding carboxylic acids is 2. The van der Waals surface area contributed by atoms with Crippen molar-refractivity contribution in [3.63, 3.8) is 0 Å². The maximum Gasteiger partial charge on any atom is 0.262 e. The first-order valence-electron chi connectivity index (χ1n) is 11.1. The van der Waals surface area contributed by atoms with Crippen LogP contribution in [0.15, 0.2) is 52.4 Å². The molecule has 5 rings (SSSR count). The Hall–Kier alpha value is -4.29. The summed E-state index contributed by atoms with van der Waals surface area (Å²) in [7, 11) is 0. The van der Waals surface area contributed by atoms with Gasteiger partial charge in [0.2, 0.25) is 11.8 Å². The number of para-hydroxylation sites is 2. The molecule has 4 aromatic heterocycles. The lowest BCUT2D eigenvalue weighted by Crippen LogP contribution is -2.35. The molecule has 0 unspecified atom stereocenters. The van der Waals surface area contributed by atoms with E-state index in [-0.39, 0.29) is 24.0 Å². The van der Waals surface area contributed by atoms with Crippen LogP contribution in [0.25, 0.3) is 27.9 Å². The van der Waals surface area contributed by atoms with Crippen LogP contribution in [-0.4, -0.2) is 49.2 Å². The summed E-state index contributed by atoms with van der Waals surface area (Å²) >= 11 is 1.27. The van der Waals surface area contributed by atoms with Crippen molar-refractivity contribution >= 4 is 45.8 Å². The molecule has 5 N–H and O–H groups in total. The van der Waals surface area contributed by atoms with E-state index in [1.54, 1.807) is 32.2 Å². The summed E-state index contributed by atoms with van der Waals surface area (Å²) in [6, 6.07) is 9.92. The van der Waals surface area contributed by atoms with Gasteiger partial charge in [0.25, 0.3) is 11.8 Å². The third kappa shape index (κ3) is 4.51. The maximum absolute atomic E-state index is 12.9. The Balaban J connectivity index is 1.40. The predicted octanol–water partition coefficient (Wildman–Crippen LogP) is 2.78. The first-order chi connectivity index (χ1) is 17.3. The van der Waals surface area contributed by atoms with Crippen LogP contribution in [0.2, 0.25) is 0 Å². The Kier molecular flexibility index (Phi) is 6.12. The number of aliphatic hydroxyl groups is 1. The van der Waals surface area contributed by atoms with Gasteiger partial charge in [0, 0.05) is 17.8 Å². The number of nitrogen functional groups attached to an aromatic ring is 1. The largest absolute Gasteiger partial charge is 0.438 e. The number of rotatable bonds is 7. The average Bonchev–Trinajstić information content (AvgIpc) is 3.60. The number of pyridine rings is 1. The van der Waals surface area contributed by atoms with Crippen molar-refractivity contribution in [3.05, 3.63) is 64.3 Å². The van der Waals surface area contributed by atoms with Crippen molar-refractivity contribution < 1.29 is 19.1 Å². The van der Waals surface area contributed by atoms with Gasteiger partial charge in [0.05, 0.1) is 17.0 Å². The Labute approximate surface area is 209 Å². The van der Waals surface area contributed by atoms with Crippen LogP contribution < -0.4 is 16.4 Å². The van der Waals surface area contributed by atoms with E-state index in [0.29, 0.717) is 27.6 Å². The van der Waals surface area contributed by atoms with Crippen LogP contribution in [0.4, 0.5) is 5.95 Å². The molecule has 0 aliphatic rings. The highest BCUT2D eigenvalue weighted by molar-refractivity contribution is 7.12. The molecule has 1 aromatic carbocycles. The van der Waals surface area contributed by atoms with Gasteiger partial charge in [0.1, 0.15) is 11.6 Å². The lowest BCUT2D eigenvalue weighted by atomic mass is 10.1. The topological polar surface area (TPSA) is 161 Å². The van der Waals surface area contributed by atoms with E-state index < -0.39 is 18.0 Å². The molecule has 5 aromatic rings. The lowest BCUT2D eigenvalue weighted by Gasteiger charge is -2.12. The van der Waals surface area contributed by atoms with Crippen LogP contribution in [0, 0.1) is 0 Å². The van der Waals surface area contributed by atoms with E-state index in [2.05, 4.69) is 25.7 Å². The van der Waals surface area contributed by atoms with Crippen molar-refractivity contribution in [1.29, 1.82) is 0 Å². The Morgan fingerprint density at radius 1 is 1.14 bits per heavy atom. The number of fused-ring (bicyclic) bond motifs is 2. The van der Waals surface area contributed by atoms with Crippen LogP contribution >= 0.6 is 11.3 Å². The number of oxazole rings is 1. The number of nitrogens with one attached hydrogen (secondary N) is 2. The Bertz CT molecular complexity index is 1550. The molecular weight excluding hydrogens is 482 g/mol. The van der Waals surface area contributed by atoms with Gasteiger partial charge in [-0.25, -0.2) is 9.50 Å². The number of hydrogen-bond acceptors (Lipinski definition) is 9. The molecule has 0 saturated heterocycles. The molecular formula is C24H23N7O4S. The summed E-state index contributed by atoms with van der Waals surface area (Å²) in [6.07, 6.45) is 1.69. The van der Waals surface area contributed by atoms with Crippen molar-refractivity contribution in [2.45, 2.75) is 25.9 Å². The minimum absolute atomic E-state index is 0.0231. The molecule has 2 amide bonds. The number of aromatic nitrogens is 4. The van der Waals surface area contributed by atoms with Gasteiger partial charge in [0.15, 0.2) is 11.2 Å². The second-order valence-corrected chi connectivity index (χ2v) is 9.26. The lowest BCUT2D eigenvalue weighted by molar-refractivity contribution is 0.0920. The molecule has 0 bridgehead atoms. The fraction of sp³-hybridized carbons (Fsp3) is 0.208. The molecule has 0 aliphatic carbocycles. The zero-order valence-corrected chi connectivity index (χ0v) is 20.2. The number of hydrogen-bond donors (Lipinski definition) is 4. The number of carbonyl (C=O) groups is 2. The highest BCUT2D eigenvalue weighted by Gasteiger charge is 2.21. The average molecular weight is 506 g/mol. The number of anilines is 1. The third-order valence-electron chi connectivity index (χ3n) is 5.53. The number of thiophene rings is 1. The highest BCUT2D eigenvalue weighted by Crippen LogP contribution is 2.28. The summed E-state index contributed by atoms with van der Waals surface area (Å²) in [5.41, 5.74) is 9.05. The number of benzene rings is 1. The molecule has 11 nitrogen and oxygen atoms in total.